The Morgan fingerprint density at radius 1 is 1.10 bits per heavy atom. The summed E-state index contributed by atoms with van der Waals surface area (Å²) in [5, 5.41) is 3.28. The molecular weight excluding hydrogens is 416 g/mol. The lowest BCUT2D eigenvalue weighted by Gasteiger charge is -2.30. The third kappa shape index (κ3) is 5.77. The number of carbonyl (C=O) groups is 1. The summed E-state index contributed by atoms with van der Waals surface area (Å²) in [6.45, 7) is 1.97. The predicted molar refractivity (Wildman–Crippen MR) is 114 cm³/mol. The van der Waals surface area contributed by atoms with Crippen molar-refractivity contribution in [1.29, 1.82) is 0 Å². The fraction of sp³-hybridized carbons (Fsp3) is 0.350. The van der Waals surface area contributed by atoms with Crippen LogP contribution in [-0.4, -0.2) is 40.8 Å². The molecule has 1 amide bonds. The van der Waals surface area contributed by atoms with Gasteiger partial charge < -0.3 is 14.8 Å². The number of benzene rings is 2. The Kier molecular flexibility index (Phi) is 7.75. The molecule has 1 atom stereocenters. The number of methoxy groups -OCH3 is 2. The minimum atomic E-state index is -3.70. The number of carbonyl (C=O) groups excluding carboxylic acids is 1. The molecule has 0 saturated carbocycles. The van der Waals surface area contributed by atoms with E-state index in [1.807, 2.05) is 0 Å². The molecule has 0 aromatic heterocycles. The highest BCUT2D eigenvalue weighted by Crippen LogP contribution is 2.28. The van der Waals surface area contributed by atoms with E-state index < -0.39 is 22.0 Å². The molecule has 0 aliphatic heterocycles. The third-order valence-corrected chi connectivity index (χ3v) is 5.76. The molecule has 0 bridgehead atoms. The van der Waals surface area contributed by atoms with Crippen LogP contribution in [-0.2, 0) is 21.4 Å². The Balaban J connectivity index is 2.22. The van der Waals surface area contributed by atoms with Crippen molar-refractivity contribution in [2.24, 2.45) is 0 Å². The second-order valence-corrected chi connectivity index (χ2v) is 8.66. The normalized spacial score (nSPS) is 12.2. The van der Waals surface area contributed by atoms with E-state index in [0.717, 1.165) is 16.1 Å². The molecule has 2 rings (SSSR count). The first-order valence-electron chi connectivity index (χ1n) is 8.94. The fourth-order valence-corrected chi connectivity index (χ4v) is 4.28. The van der Waals surface area contributed by atoms with E-state index in [1.165, 1.54) is 7.11 Å². The van der Waals surface area contributed by atoms with Crippen molar-refractivity contribution in [3.8, 4) is 11.5 Å². The maximum atomic E-state index is 12.9. The van der Waals surface area contributed by atoms with Gasteiger partial charge in [-0.3, -0.25) is 9.10 Å². The van der Waals surface area contributed by atoms with Gasteiger partial charge in [-0.15, -0.1) is 0 Å². The zero-order chi connectivity index (χ0) is 21.6. The monoisotopic (exact) mass is 440 g/mol. The van der Waals surface area contributed by atoms with E-state index >= 15 is 0 Å². The zero-order valence-corrected chi connectivity index (χ0v) is 18.4. The Morgan fingerprint density at radius 3 is 2.24 bits per heavy atom. The lowest BCUT2D eigenvalue weighted by atomic mass is 10.1. The van der Waals surface area contributed by atoms with Gasteiger partial charge in [-0.2, -0.15) is 0 Å². The molecule has 2 aromatic carbocycles. The standard InChI is InChI=1S/C20H25ClN2O5S/c1-5-17(23(29(4,25)26)16-9-7-15(21)8-10-16)20(24)22-13-14-6-11-18(27-2)19(12-14)28-3/h6-12,17H,5,13H2,1-4H3,(H,22,24)/t17-/m1/s1. The van der Waals surface area contributed by atoms with Crippen molar-refractivity contribution < 1.29 is 22.7 Å². The maximum Gasteiger partial charge on any atom is 0.244 e. The molecule has 7 nitrogen and oxygen atoms in total. The number of amides is 1. The average Bonchev–Trinajstić information content (AvgIpc) is 2.69. The van der Waals surface area contributed by atoms with E-state index in [9.17, 15) is 13.2 Å². The summed E-state index contributed by atoms with van der Waals surface area (Å²) in [7, 11) is -0.622. The Morgan fingerprint density at radius 2 is 1.72 bits per heavy atom. The molecule has 1 N–H and O–H groups in total. The van der Waals surface area contributed by atoms with Gasteiger partial charge in [-0.25, -0.2) is 8.42 Å². The SMILES string of the molecule is CC[C@H](C(=O)NCc1ccc(OC)c(OC)c1)N(c1ccc(Cl)cc1)S(C)(=O)=O. The van der Waals surface area contributed by atoms with Crippen LogP contribution in [0.4, 0.5) is 5.69 Å². The maximum absolute atomic E-state index is 12.9. The van der Waals surface area contributed by atoms with Crippen LogP contribution in [0.5, 0.6) is 11.5 Å². The number of nitrogens with one attached hydrogen (secondary N) is 1. The first-order chi connectivity index (χ1) is 13.7. The van der Waals surface area contributed by atoms with Gasteiger partial charge >= 0.3 is 0 Å². The molecule has 0 unspecified atom stereocenters. The first kappa shape index (κ1) is 22.8. The van der Waals surface area contributed by atoms with E-state index in [4.69, 9.17) is 21.1 Å². The Bertz CT molecular complexity index is 948. The molecule has 0 radical (unpaired) electrons. The molecule has 9 heteroatoms. The second-order valence-electron chi connectivity index (χ2n) is 6.37. The molecule has 0 aliphatic carbocycles. The van der Waals surface area contributed by atoms with Crippen molar-refractivity contribution in [2.75, 3.05) is 24.8 Å². The minimum Gasteiger partial charge on any atom is -0.493 e. The largest absolute Gasteiger partial charge is 0.493 e. The van der Waals surface area contributed by atoms with Crippen LogP contribution in [0.2, 0.25) is 5.02 Å². The number of hydrogen-bond acceptors (Lipinski definition) is 5. The van der Waals surface area contributed by atoms with E-state index in [-0.39, 0.29) is 6.54 Å². The minimum absolute atomic E-state index is 0.216. The van der Waals surface area contributed by atoms with Crippen LogP contribution >= 0.6 is 11.6 Å². The van der Waals surface area contributed by atoms with Crippen molar-refractivity contribution in [3.63, 3.8) is 0 Å². The van der Waals surface area contributed by atoms with Crippen LogP contribution in [0, 0.1) is 0 Å². The highest BCUT2D eigenvalue weighted by atomic mass is 35.5. The average molecular weight is 441 g/mol. The summed E-state index contributed by atoms with van der Waals surface area (Å²) in [4.78, 5) is 12.9. The third-order valence-electron chi connectivity index (χ3n) is 4.33. The van der Waals surface area contributed by atoms with Crippen LogP contribution in [0.1, 0.15) is 18.9 Å². The lowest BCUT2D eigenvalue weighted by molar-refractivity contribution is -0.122. The summed E-state index contributed by atoms with van der Waals surface area (Å²) in [6.07, 6.45) is 1.37. The zero-order valence-electron chi connectivity index (χ0n) is 16.8. The molecule has 0 fully saturated rings. The number of sulfonamides is 1. The lowest BCUT2D eigenvalue weighted by Crippen LogP contribution is -2.49. The summed E-state index contributed by atoms with van der Waals surface area (Å²) in [6, 6.07) is 10.7. The van der Waals surface area contributed by atoms with Crippen molar-refractivity contribution in [3.05, 3.63) is 53.1 Å². The van der Waals surface area contributed by atoms with Crippen molar-refractivity contribution in [1.82, 2.24) is 5.32 Å². The van der Waals surface area contributed by atoms with Crippen LogP contribution < -0.4 is 19.1 Å². The predicted octanol–water partition coefficient (Wildman–Crippen LogP) is 3.22. The van der Waals surface area contributed by atoms with Gasteiger partial charge in [0, 0.05) is 11.6 Å². The molecular formula is C20H25ClN2O5S. The fourth-order valence-electron chi connectivity index (χ4n) is 2.95. The van der Waals surface area contributed by atoms with E-state index in [2.05, 4.69) is 5.32 Å². The van der Waals surface area contributed by atoms with Crippen molar-refractivity contribution in [2.45, 2.75) is 25.9 Å². The van der Waals surface area contributed by atoms with Crippen LogP contribution in [0.3, 0.4) is 0 Å². The van der Waals surface area contributed by atoms with Gasteiger partial charge in [-0.05, 0) is 48.4 Å². The Hall–Kier alpha value is -2.45. The highest BCUT2D eigenvalue weighted by Gasteiger charge is 2.31. The van der Waals surface area contributed by atoms with Crippen LogP contribution in [0.25, 0.3) is 0 Å². The molecule has 29 heavy (non-hydrogen) atoms. The number of ether oxygens (including phenoxy) is 2. The summed E-state index contributed by atoms with van der Waals surface area (Å²) < 4.78 is 36.5. The molecule has 0 saturated heterocycles. The van der Waals surface area contributed by atoms with Crippen LogP contribution in [0.15, 0.2) is 42.5 Å². The van der Waals surface area contributed by atoms with Gasteiger partial charge in [0.05, 0.1) is 26.2 Å². The number of halogens is 1. The smallest absolute Gasteiger partial charge is 0.244 e. The van der Waals surface area contributed by atoms with Gasteiger partial charge in [0.25, 0.3) is 0 Å². The van der Waals surface area contributed by atoms with Gasteiger partial charge in [0.1, 0.15) is 6.04 Å². The topological polar surface area (TPSA) is 84.9 Å². The number of nitrogens with zero attached hydrogens (tertiary/aromatic N) is 1. The molecule has 2 aromatic rings. The van der Waals surface area contributed by atoms with E-state index in [1.54, 1.807) is 56.5 Å². The number of hydrogen-bond donors (Lipinski definition) is 1. The molecule has 0 aliphatic rings. The number of anilines is 1. The summed E-state index contributed by atoms with van der Waals surface area (Å²) in [5.41, 5.74) is 1.17. The quantitative estimate of drug-likeness (QED) is 0.647. The molecule has 0 spiro atoms. The highest BCUT2D eigenvalue weighted by molar-refractivity contribution is 7.92. The molecule has 0 heterocycles. The molecule has 158 valence electrons. The van der Waals surface area contributed by atoms with Gasteiger partial charge in [0.2, 0.25) is 15.9 Å². The second kappa shape index (κ2) is 9.84. The Labute approximate surface area is 176 Å². The van der Waals surface area contributed by atoms with Crippen molar-refractivity contribution >= 4 is 33.2 Å². The van der Waals surface area contributed by atoms with Gasteiger partial charge in [-0.1, -0.05) is 24.6 Å². The number of rotatable bonds is 9. The first-order valence-corrected chi connectivity index (χ1v) is 11.2. The van der Waals surface area contributed by atoms with Gasteiger partial charge in [0.15, 0.2) is 11.5 Å². The van der Waals surface area contributed by atoms with E-state index in [0.29, 0.717) is 28.6 Å². The summed E-state index contributed by atoms with van der Waals surface area (Å²) >= 11 is 5.90. The summed E-state index contributed by atoms with van der Waals surface area (Å²) in [5.74, 6) is 0.730.